The standard InChI is InChI=1S/C15H19FN2O3/c16-12-1-3-14(4-2-12)21-6-5-18-7-11-9-20-10-13(8-18)17-15(11)19/h1-4,11,13H,5-10H2,(H,17,19)/t11-,13+/m1/s1. The van der Waals surface area contributed by atoms with E-state index in [1.165, 1.54) is 12.1 Å². The fourth-order valence-corrected chi connectivity index (χ4v) is 2.73. The van der Waals surface area contributed by atoms with Crippen molar-refractivity contribution in [2.75, 3.05) is 39.5 Å². The second-order valence-corrected chi connectivity index (χ2v) is 5.50. The molecular weight excluding hydrogens is 275 g/mol. The highest BCUT2D eigenvalue weighted by atomic mass is 19.1. The number of hydrogen-bond acceptors (Lipinski definition) is 4. The fourth-order valence-electron chi connectivity index (χ4n) is 2.73. The highest BCUT2D eigenvalue weighted by Crippen LogP contribution is 2.14. The summed E-state index contributed by atoms with van der Waals surface area (Å²) in [6.07, 6.45) is 0. The van der Waals surface area contributed by atoms with Gasteiger partial charge in [-0.15, -0.1) is 0 Å². The first kappa shape index (κ1) is 14.3. The maximum atomic E-state index is 12.8. The van der Waals surface area contributed by atoms with E-state index in [9.17, 15) is 9.18 Å². The van der Waals surface area contributed by atoms with Gasteiger partial charge in [0.15, 0.2) is 0 Å². The Labute approximate surface area is 123 Å². The number of hydrogen-bond donors (Lipinski definition) is 1. The lowest BCUT2D eigenvalue weighted by atomic mass is 10.1. The Kier molecular flexibility index (Phi) is 4.36. The van der Waals surface area contributed by atoms with Crippen molar-refractivity contribution < 1.29 is 18.7 Å². The molecule has 2 aliphatic rings. The molecule has 0 saturated carbocycles. The minimum atomic E-state index is -0.271. The van der Waals surface area contributed by atoms with E-state index in [1.54, 1.807) is 12.1 Å². The molecule has 0 unspecified atom stereocenters. The molecule has 0 aromatic heterocycles. The first-order chi connectivity index (χ1) is 10.2. The summed E-state index contributed by atoms with van der Waals surface area (Å²) >= 11 is 0. The maximum absolute atomic E-state index is 12.8. The van der Waals surface area contributed by atoms with Gasteiger partial charge in [0.2, 0.25) is 5.91 Å². The highest BCUT2D eigenvalue weighted by Gasteiger charge is 2.32. The number of amides is 1. The zero-order valence-corrected chi connectivity index (χ0v) is 11.8. The normalized spacial score (nSPS) is 26.0. The lowest BCUT2D eigenvalue weighted by Gasteiger charge is -2.27. The van der Waals surface area contributed by atoms with Gasteiger partial charge in [0.05, 0.1) is 25.2 Å². The molecule has 114 valence electrons. The van der Waals surface area contributed by atoms with Gasteiger partial charge in [-0.1, -0.05) is 0 Å². The molecular formula is C15H19FN2O3. The second kappa shape index (κ2) is 6.41. The van der Waals surface area contributed by atoms with Gasteiger partial charge in [0.1, 0.15) is 18.2 Å². The molecule has 1 aromatic rings. The SMILES string of the molecule is O=C1N[C@@H]2COC[C@H]1CN(CCOc1ccc(F)cc1)C2. The van der Waals surface area contributed by atoms with Crippen LogP contribution in [0.5, 0.6) is 5.75 Å². The van der Waals surface area contributed by atoms with Crippen LogP contribution in [0.2, 0.25) is 0 Å². The van der Waals surface area contributed by atoms with Crippen LogP contribution in [0.15, 0.2) is 24.3 Å². The lowest BCUT2D eigenvalue weighted by Crippen LogP contribution is -2.43. The molecule has 5 nitrogen and oxygen atoms in total. The molecule has 1 N–H and O–H groups in total. The van der Waals surface area contributed by atoms with E-state index in [0.29, 0.717) is 32.1 Å². The Morgan fingerprint density at radius 3 is 2.90 bits per heavy atom. The number of fused-ring (bicyclic) bond motifs is 3. The molecule has 3 rings (SSSR count). The van der Waals surface area contributed by atoms with Crippen LogP contribution in [0.25, 0.3) is 0 Å². The molecule has 0 radical (unpaired) electrons. The van der Waals surface area contributed by atoms with Crippen LogP contribution in [-0.4, -0.2) is 56.3 Å². The predicted molar refractivity (Wildman–Crippen MR) is 74.6 cm³/mol. The number of nitrogens with zero attached hydrogens (tertiary/aromatic N) is 1. The number of benzene rings is 1. The summed E-state index contributed by atoms with van der Waals surface area (Å²) in [5.74, 6) is 0.360. The van der Waals surface area contributed by atoms with Gasteiger partial charge >= 0.3 is 0 Å². The summed E-state index contributed by atoms with van der Waals surface area (Å²) < 4.78 is 23.9. The number of carbonyl (C=O) groups is 1. The molecule has 0 aliphatic carbocycles. The molecule has 6 heteroatoms. The first-order valence-corrected chi connectivity index (χ1v) is 7.19. The third kappa shape index (κ3) is 3.71. The predicted octanol–water partition coefficient (Wildman–Crippen LogP) is 0.651. The molecule has 0 spiro atoms. The van der Waals surface area contributed by atoms with Crippen LogP contribution in [-0.2, 0) is 9.53 Å². The summed E-state index contributed by atoms with van der Waals surface area (Å²) in [7, 11) is 0. The molecule has 2 bridgehead atoms. The Bertz CT molecular complexity index is 494. The molecule has 2 atom stereocenters. The highest BCUT2D eigenvalue weighted by molar-refractivity contribution is 5.79. The second-order valence-electron chi connectivity index (χ2n) is 5.50. The van der Waals surface area contributed by atoms with Crippen molar-refractivity contribution in [2.24, 2.45) is 5.92 Å². The van der Waals surface area contributed by atoms with E-state index in [2.05, 4.69) is 10.2 Å². The van der Waals surface area contributed by atoms with Crippen molar-refractivity contribution in [3.63, 3.8) is 0 Å². The molecule has 2 aliphatic heterocycles. The number of ether oxygens (including phenoxy) is 2. The Hall–Kier alpha value is -1.66. The van der Waals surface area contributed by atoms with Gasteiger partial charge in [0, 0.05) is 19.6 Å². The Morgan fingerprint density at radius 1 is 1.29 bits per heavy atom. The van der Waals surface area contributed by atoms with E-state index in [-0.39, 0.29) is 23.7 Å². The summed E-state index contributed by atoms with van der Waals surface area (Å²) in [6.45, 7) is 3.76. The number of nitrogens with one attached hydrogen (secondary N) is 1. The van der Waals surface area contributed by atoms with Crippen LogP contribution in [0, 0.1) is 11.7 Å². The van der Waals surface area contributed by atoms with Crippen molar-refractivity contribution in [1.29, 1.82) is 0 Å². The Morgan fingerprint density at radius 2 is 2.10 bits per heavy atom. The van der Waals surface area contributed by atoms with Gasteiger partial charge in [-0.2, -0.15) is 0 Å². The first-order valence-electron chi connectivity index (χ1n) is 7.19. The number of halogens is 1. The quantitative estimate of drug-likeness (QED) is 0.886. The maximum Gasteiger partial charge on any atom is 0.227 e. The zero-order chi connectivity index (χ0) is 14.7. The van der Waals surface area contributed by atoms with Crippen LogP contribution < -0.4 is 10.1 Å². The topological polar surface area (TPSA) is 50.8 Å². The summed E-state index contributed by atoms with van der Waals surface area (Å²) in [5, 5.41) is 3.00. The lowest BCUT2D eigenvalue weighted by molar-refractivity contribution is -0.125. The average molecular weight is 294 g/mol. The summed E-state index contributed by atoms with van der Waals surface area (Å²) in [6, 6.07) is 6.05. The fraction of sp³-hybridized carbons (Fsp3) is 0.533. The summed E-state index contributed by atoms with van der Waals surface area (Å²) in [5.41, 5.74) is 0. The van der Waals surface area contributed by atoms with Crippen molar-refractivity contribution in [2.45, 2.75) is 6.04 Å². The van der Waals surface area contributed by atoms with Crippen molar-refractivity contribution in [1.82, 2.24) is 10.2 Å². The largest absolute Gasteiger partial charge is 0.492 e. The molecule has 2 saturated heterocycles. The Balaban J connectivity index is 1.51. The number of carbonyl (C=O) groups excluding carboxylic acids is 1. The third-order valence-corrected chi connectivity index (χ3v) is 3.80. The van der Waals surface area contributed by atoms with Crippen LogP contribution in [0.3, 0.4) is 0 Å². The number of rotatable bonds is 4. The molecule has 21 heavy (non-hydrogen) atoms. The van der Waals surface area contributed by atoms with Gasteiger partial charge in [0.25, 0.3) is 0 Å². The molecule has 2 fully saturated rings. The van der Waals surface area contributed by atoms with Crippen LogP contribution >= 0.6 is 0 Å². The summed E-state index contributed by atoms with van der Waals surface area (Å²) in [4.78, 5) is 14.1. The molecule has 1 amide bonds. The van der Waals surface area contributed by atoms with Gasteiger partial charge in [-0.05, 0) is 24.3 Å². The monoisotopic (exact) mass is 294 g/mol. The van der Waals surface area contributed by atoms with Gasteiger partial charge < -0.3 is 14.8 Å². The van der Waals surface area contributed by atoms with Crippen molar-refractivity contribution in [3.8, 4) is 5.75 Å². The van der Waals surface area contributed by atoms with Crippen molar-refractivity contribution >= 4 is 5.91 Å². The van der Waals surface area contributed by atoms with Gasteiger partial charge in [-0.25, -0.2) is 4.39 Å². The molecule has 1 aromatic carbocycles. The smallest absolute Gasteiger partial charge is 0.227 e. The third-order valence-electron chi connectivity index (χ3n) is 3.80. The van der Waals surface area contributed by atoms with E-state index in [4.69, 9.17) is 9.47 Å². The minimum absolute atomic E-state index is 0.0517. The van der Waals surface area contributed by atoms with E-state index < -0.39 is 0 Å². The zero-order valence-electron chi connectivity index (χ0n) is 11.8. The van der Waals surface area contributed by atoms with Crippen LogP contribution in [0.1, 0.15) is 0 Å². The van der Waals surface area contributed by atoms with E-state index in [1.807, 2.05) is 0 Å². The average Bonchev–Trinajstić information content (AvgIpc) is 2.70. The van der Waals surface area contributed by atoms with E-state index in [0.717, 1.165) is 13.1 Å². The van der Waals surface area contributed by atoms with Crippen molar-refractivity contribution in [3.05, 3.63) is 30.1 Å². The van der Waals surface area contributed by atoms with Gasteiger partial charge in [-0.3, -0.25) is 9.69 Å². The van der Waals surface area contributed by atoms with E-state index >= 15 is 0 Å². The minimum Gasteiger partial charge on any atom is -0.492 e. The molecule has 2 heterocycles. The van der Waals surface area contributed by atoms with Crippen LogP contribution in [0.4, 0.5) is 4.39 Å².